The van der Waals surface area contributed by atoms with Crippen molar-refractivity contribution >= 4 is 22.4 Å². The van der Waals surface area contributed by atoms with E-state index in [9.17, 15) is 4.79 Å². The van der Waals surface area contributed by atoms with Crippen molar-refractivity contribution in [3.05, 3.63) is 42.5 Å². The van der Waals surface area contributed by atoms with Crippen molar-refractivity contribution in [3.8, 4) is 0 Å². The number of amides is 1. The summed E-state index contributed by atoms with van der Waals surface area (Å²) in [5.41, 5.74) is 6.19. The monoisotopic (exact) mass is 284 g/mol. The fraction of sp³-hybridized carbons (Fsp3) is 0.353. The molecule has 0 spiro atoms. The number of fused-ring (bicyclic) bond motifs is 1. The lowest BCUT2D eigenvalue weighted by atomic mass is 9.79. The molecule has 2 aromatic carbocycles. The van der Waals surface area contributed by atoms with Crippen LogP contribution in [0.5, 0.6) is 0 Å². The topological polar surface area (TPSA) is 64.4 Å². The van der Waals surface area contributed by atoms with Crippen molar-refractivity contribution in [3.63, 3.8) is 0 Å². The summed E-state index contributed by atoms with van der Waals surface area (Å²) in [6.07, 6.45) is 1.37. The third-order valence-electron chi connectivity index (χ3n) is 4.33. The van der Waals surface area contributed by atoms with Crippen molar-refractivity contribution < 1.29 is 9.53 Å². The molecule has 0 aromatic heterocycles. The number of nitrogens with one attached hydrogen (secondary N) is 1. The summed E-state index contributed by atoms with van der Waals surface area (Å²) in [4.78, 5) is 12.6. The lowest BCUT2D eigenvalue weighted by Crippen LogP contribution is -2.46. The molecule has 0 atom stereocenters. The molecule has 21 heavy (non-hydrogen) atoms. The van der Waals surface area contributed by atoms with Crippen LogP contribution in [0.2, 0.25) is 0 Å². The second-order valence-corrected chi connectivity index (χ2v) is 5.61. The molecule has 0 bridgehead atoms. The third kappa shape index (κ3) is 2.77. The molecule has 0 saturated carbocycles. The Morgan fingerprint density at radius 2 is 1.86 bits per heavy atom. The van der Waals surface area contributed by atoms with Crippen LogP contribution in [0.25, 0.3) is 10.8 Å². The predicted molar refractivity (Wildman–Crippen MR) is 84.1 cm³/mol. The molecule has 1 amide bonds. The highest BCUT2D eigenvalue weighted by Gasteiger charge is 2.38. The highest BCUT2D eigenvalue weighted by atomic mass is 16.5. The van der Waals surface area contributed by atoms with Crippen molar-refractivity contribution in [1.82, 2.24) is 0 Å². The van der Waals surface area contributed by atoms with Gasteiger partial charge in [0.1, 0.15) is 0 Å². The van der Waals surface area contributed by atoms with E-state index >= 15 is 0 Å². The van der Waals surface area contributed by atoms with Gasteiger partial charge in [0.05, 0.1) is 5.41 Å². The zero-order valence-corrected chi connectivity index (χ0v) is 12.0. The van der Waals surface area contributed by atoms with Gasteiger partial charge in [-0.05, 0) is 35.7 Å². The SMILES string of the molecule is NCC1(C(=O)Nc2ccc3ccccc3c2)CCOCC1. The Hall–Kier alpha value is -1.91. The molecule has 0 unspecified atom stereocenters. The van der Waals surface area contributed by atoms with E-state index in [1.54, 1.807) is 0 Å². The Bertz CT molecular complexity index is 648. The smallest absolute Gasteiger partial charge is 0.232 e. The van der Waals surface area contributed by atoms with Crippen molar-refractivity contribution in [2.75, 3.05) is 25.1 Å². The molecule has 3 N–H and O–H groups in total. The Labute approximate surface area is 124 Å². The van der Waals surface area contributed by atoms with Gasteiger partial charge in [-0.1, -0.05) is 30.3 Å². The molecule has 1 heterocycles. The minimum atomic E-state index is -0.496. The fourth-order valence-electron chi connectivity index (χ4n) is 2.82. The number of nitrogens with two attached hydrogens (primary N) is 1. The summed E-state index contributed by atoms with van der Waals surface area (Å²) in [5.74, 6) is 0.00332. The number of carbonyl (C=O) groups is 1. The standard InChI is InChI=1S/C17H20N2O2/c18-12-17(7-9-21-10-8-17)16(20)19-15-6-5-13-3-1-2-4-14(13)11-15/h1-6,11H,7-10,12,18H2,(H,19,20). The van der Waals surface area contributed by atoms with Crippen LogP contribution in [0.15, 0.2) is 42.5 Å². The number of anilines is 1. The van der Waals surface area contributed by atoms with E-state index in [0.29, 0.717) is 32.6 Å². The Kier molecular flexibility index (Phi) is 3.90. The minimum absolute atomic E-state index is 0.00332. The summed E-state index contributed by atoms with van der Waals surface area (Å²) in [6.45, 7) is 1.56. The first-order valence-corrected chi connectivity index (χ1v) is 7.32. The van der Waals surface area contributed by atoms with E-state index < -0.39 is 5.41 Å². The molecule has 0 aliphatic carbocycles. The Morgan fingerprint density at radius 1 is 1.14 bits per heavy atom. The fourth-order valence-corrected chi connectivity index (χ4v) is 2.82. The molecule has 4 heteroatoms. The number of hydrogen-bond acceptors (Lipinski definition) is 3. The molecule has 110 valence electrons. The lowest BCUT2D eigenvalue weighted by Gasteiger charge is -2.34. The van der Waals surface area contributed by atoms with Crippen LogP contribution in [0.1, 0.15) is 12.8 Å². The maximum atomic E-state index is 12.6. The van der Waals surface area contributed by atoms with Crippen molar-refractivity contribution in [2.24, 2.45) is 11.1 Å². The van der Waals surface area contributed by atoms with E-state index in [-0.39, 0.29) is 5.91 Å². The van der Waals surface area contributed by atoms with Gasteiger partial charge >= 0.3 is 0 Å². The van der Waals surface area contributed by atoms with Crippen molar-refractivity contribution in [1.29, 1.82) is 0 Å². The van der Waals surface area contributed by atoms with E-state index in [1.165, 1.54) is 0 Å². The zero-order valence-electron chi connectivity index (χ0n) is 12.0. The maximum Gasteiger partial charge on any atom is 0.232 e. The normalized spacial score (nSPS) is 17.6. The van der Waals surface area contributed by atoms with Gasteiger partial charge in [-0.2, -0.15) is 0 Å². The van der Waals surface area contributed by atoms with E-state index in [2.05, 4.69) is 11.4 Å². The predicted octanol–water partition coefficient (Wildman–Crippen LogP) is 2.53. The van der Waals surface area contributed by atoms with Gasteiger partial charge in [0.25, 0.3) is 0 Å². The Morgan fingerprint density at radius 3 is 2.57 bits per heavy atom. The molecule has 1 saturated heterocycles. The number of rotatable bonds is 3. The van der Waals surface area contributed by atoms with E-state index in [4.69, 9.17) is 10.5 Å². The first kappa shape index (κ1) is 14.0. The van der Waals surface area contributed by atoms with Crippen LogP contribution in [-0.4, -0.2) is 25.7 Å². The summed E-state index contributed by atoms with van der Waals surface area (Å²) in [7, 11) is 0. The highest BCUT2D eigenvalue weighted by molar-refractivity contribution is 5.97. The second kappa shape index (κ2) is 5.84. The second-order valence-electron chi connectivity index (χ2n) is 5.61. The number of ether oxygens (including phenoxy) is 1. The largest absolute Gasteiger partial charge is 0.381 e. The summed E-state index contributed by atoms with van der Waals surface area (Å²) >= 11 is 0. The maximum absolute atomic E-state index is 12.6. The van der Waals surface area contributed by atoms with Gasteiger partial charge in [0.2, 0.25) is 5.91 Å². The van der Waals surface area contributed by atoms with Gasteiger partial charge in [-0.3, -0.25) is 4.79 Å². The van der Waals surface area contributed by atoms with E-state index in [0.717, 1.165) is 16.5 Å². The number of carbonyl (C=O) groups excluding carboxylic acids is 1. The molecular formula is C17H20N2O2. The molecule has 0 radical (unpaired) electrons. The highest BCUT2D eigenvalue weighted by Crippen LogP contribution is 2.31. The number of hydrogen-bond donors (Lipinski definition) is 2. The summed E-state index contributed by atoms with van der Waals surface area (Å²) < 4.78 is 5.35. The molecule has 1 fully saturated rings. The zero-order chi connectivity index (χ0) is 14.7. The van der Waals surface area contributed by atoms with Crippen LogP contribution < -0.4 is 11.1 Å². The quantitative estimate of drug-likeness (QED) is 0.910. The summed E-state index contributed by atoms with van der Waals surface area (Å²) in [6, 6.07) is 14.0. The first-order valence-electron chi connectivity index (χ1n) is 7.32. The van der Waals surface area contributed by atoms with Gasteiger partial charge in [-0.25, -0.2) is 0 Å². The average molecular weight is 284 g/mol. The molecule has 2 aromatic rings. The molecule has 4 nitrogen and oxygen atoms in total. The summed E-state index contributed by atoms with van der Waals surface area (Å²) in [5, 5.41) is 5.30. The lowest BCUT2D eigenvalue weighted by molar-refractivity contribution is -0.130. The minimum Gasteiger partial charge on any atom is -0.381 e. The molecule has 1 aliphatic rings. The third-order valence-corrected chi connectivity index (χ3v) is 4.33. The van der Waals surface area contributed by atoms with Gasteiger partial charge in [-0.15, -0.1) is 0 Å². The van der Waals surface area contributed by atoms with E-state index in [1.807, 2.05) is 36.4 Å². The van der Waals surface area contributed by atoms with Crippen molar-refractivity contribution in [2.45, 2.75) is 12.8 Å². The average Bonchev–Trinajstić information content (AvgIpc) is 2.55. The van der Waals surface area contributed by atoms with Crippen LogP contribution >= 0.6 is 0 Å². The van der Waals surface area contributed by atoms with Crippen LogP contribution in [0.3, 0.4) is 0 Å². The van der Waals surface area contributed by atoms with Gasteiger partial charge < -0.3 is 15.8 Å². The molecular weight excluding hydrogens is 264 g/mol. The van der Waals surface area contributed by atoms with Gasteiger partial charge in [0, 0.05) is 25.4 Å². The van der Waals surface area contributed by atoms with Crippen LogP contribution in [0, 0.1) is 5.41 Å². The number of benzene rings is 2. The van der Waals surface area contributed by atoms with Crippen LogP contribution in [0.4, 0.5) is 5.69 Å². The molecule has 1 aliphatic heterocycles. The first-order chi connectivity index (χ1) is 10.2. The van der Waals surface area contributed by atoms with Gasteiger partial charge in [0.15, 0.2) is 0 Å². The van der Waals surface area contributed by atoms with Crippen LogP contribution in [-0.2, 0) is 9.53 Å². The molecule has 3 rings (SSSR count). The Balaban J connectivity index is 1.81.